The van der Waals surface area contributed by atoms with Crippen LogP contribution in [0.4, 0.5) is 13.2 Å². The first-order chi connectivity index (χ1) is 5.99. The molecule has 1 heterocycles. The molecule has 2 nitrogen and oxygen atoms in total. The Kier molecular flexibility index (Phi) is 2.65. The number of aromatic nitrogens is 1. The molecule has 0 radical (unpaired) electrons. The molecular weight excluding hydrogens is 183 g/mol. The summed E-state index contributed by atoms with van der Waals surface area (Å²) in [6.45, 7) is 0. The zero-order valence-electron chi connectivity index (χ0n) is 6.51. The zero-order valence-corrected chi connectivity index (χ0v) is 6.51. The molecule has 1 aromatic heterocycles. The largest absolute Gasteiger partial charge is 0.396 e. The van der Waals surface area contributed by atoms with Crippen LogP contribution in [0.3, 0.4) is 0 Å². The van der Waals surface area contributed by atoms with Gasteiger partial charge < -0.3 is 0 Å². The van der Waals surface area contributed by atoms with Gasteiger partial charge in [-0.2, -0.15) is 13.2 Å². The number of Topliss-reactive ketones (excluding diaryl/α,β-unsaturated/α-hetero) is 1. The van der Waals surface area contributed by atoms with E-state index in [4.69, 9.17) is 0 Å². The molecule has 70 valence electrons. The Bertz CT molecular complexity index is 294. The highest BCUT2D eigenvalue weighted by atomic mass is 19.4. The summed E-state index contributed by atoms with van der Waals surface area (Å²) < 4.78 is 35.3. The van der Waals surface area contributed by atoms with Crippen molar-refractivity contribution in [3.63, 3.8) is 0 Å². The van der Waals surface area contributed by atoms with Crippen LogP contribution in [-0.4, -0.2) is 16.9 Å². The van der Waals surface area contributed by atoms with E-state index in [-0.39, 0.29) is 5.56 Å². The number of carbonyl (C=O) groups is 1. The summed E-state index contributed by atoms with van der Waals surface area (Å²) in [5.74, 6) is -0.958. The normalized spacial score (nSPS) is 11.3. The predicted octanol–water partition coefficient (Wildman–Crippen LogP) is 2.22. The van der Waals surface area contributed by atoms with Crippen LogP contribution in [0.15, 0.2) is 24.5 Å². The van der Waals surface area contributed by atoms with Crippen LogP contribution < -0.4 is 0 Å². The topological polar surface area (TPSA) is 30.0 Å². The predicted molar refractivity (Wildman–Crippen MR) is 39.2 cm³/mol. The summed E-state index contributed by atoms with van der Waals surface area (Å²) in [6, 6.07) is 2.73. The van der Waals surface area contributed by atoms with E-state index in [2.05, 4.69) is 4.98 Å². The van der Waals surface area contributed by atoms with Crippen LogP contribution in [0.2, 0.25) is 0 Å². The Balaban J connectivity index is 2.71. The van der Waals surface area contributed by atoms with Crippen molar-refractivity contribution in [2.45, 2.75) is 12.6 Å². The zero-order chi connectivity index (χ0) is 9.90. The van der Waals surface area contributed by atoms with Crippen molar-refractivity contribution in [1.82, 2.24) is 4.98 Å². The molecule has 0 N–H and O–H groups in total. The van der Waals surface area contributed by atoms with E-state index in [0.717, 1.165) is 6.20 Å². The number of pyridine rings is 1. The highest BCUT2D eigenvalue weighted by Gasteiger charge is 2.31. The van der Waals surface area contributed by atoms with Gasteiger partial charge in [-0.15, -0.1) is 0 Å². The van der Waals surface area contributed by atoms with Crippen LogP contribution in [0.1, 0.15) is 16.8 Å². The van der Waals surface area contributed by atoms with Gasteiger partial charge in [0.15, 0.2) is 5.78 Å². The fraction of sp³-hybridized carbons (Fsp3) is 0.250. The average Bonchev–Trinajstić information content (AvgIpc) is 2.03. The van der Waals surface area contributed by atoms with E-state index < -0.39 is 18.4 Å². The molecule has 0 amide bonds. The van der Waals surface area contributed by atoms with Crippen molar-refractivity contribution in [1.29, 1.82) is 0 Å². The first-order valence-corrected chi connectivity index (χ1v) is 3.49. The first-order valence-electron chi connectivity index (χ1n) is 3.49. The lowest BCUT2D eigenvalue weighted by Crippen LogP contribution is -2.14. The summed E-state index contributed by atoms with van der Waals surface area (Å²) in [4.78, 5) is 14.4. The highest BCUT2D eigenvalue weighted by molar-refractivity contribution is 5.96. The molecule has 5 heteroatoms. The minimum Gasteiger partial charge on any atom is -0.294 e. The van der Waals surface area contributed by atoms with Crippen molar-refractivity contribution in [3.05, 3.63) is 30.1 Å². The quantitative estimate of drug-likeness (QED) is 0.667. The maximum absolute atomic E-state index is 11.8. The number of nitrogens with zero attached hydrogens (tertiary/aromatic N) is 1. The summed E-state index contributed by atoms with van der Waals surface area (Å²) in [5, 5.41) is 0. The van der Waals surface area contributed by atoms with Gasteiger partial charge in [0.2, 0.25) is 0 Å². The maximum Gasteiger partial charge on any atom is 0.396 e. The second-order valence-corrected chi connectivity index (χ2v) is 2.46. The van der Waals surface area contributed by atoms with Crippen LogP contribution in [0.5, 0.6) is 0 Å². The van der Waals surface area contributed by atoms with Gasteiger partial charge in [0.05, 0.1) is 0 Å². The van der Waals surface area contributed by atoms with E-state index in [0.29, 0.717) is 0 Å². The van der Waals surface area contributed by atoms with E-state index in [1.807, 2.05) is 0 Å². The van der Waals surface area contributed by atoms with Gasteiger partial charge in [-0.05, 0) is 12.1 Å². The molecule has 0 aliphatic heterocycles. The molecule has 0 aliphatic carbocycles. The molecule has 0 saturated carbocycles. The van der Waals surface area contributed by atoms with E-state index in [1.165, 1.54) is 18.3 Å². The third-order valence-electron chi connectivity index (χ3n) is 1.34. The van der Waals surface area contributed by atoms with Gasteiger partial charge in [0.1, 0.15) is 6.42 Å². The summed E-state index contributed by atoms with van der Waals surface area (Å²) in [7, 11) is 0. The van der Waals surface area contributed by atoms with Crippen LogP contribution in [0, 0.1) is 0 Å². The molecule has 13 heavy (non-hydrogen) atoms. The Morgan fingerprint density at radius 3 is 2.62 bits per heavy atom. The number of rotatable bonds is 2. The third kappa shape index (κ3) is 3.23. The monoisotopic (exact) mass is 189 g/mol. The third-order valence-corrected chi connectivity index (χ3v) is 1.34. The molecular formula is C8H6F3NO. The van der Waals surface area contributed by atoms with Gasteiger partial charge in [-0.1, -0.05) is 0 Å². The number of alkyl halides is 3. The lowest BCUT2D eigenvalue weighted by Gasteiger charge is -2.04. The number of carbonyl (C=O) groups excluding carboxylic acids is 1. The van der Waals surface area contributed by atoms with Crippen LogP contribution in [-0.2, 0) is 0 Å². The molecule has 0 aliphatic rings. The van der Waals surface area contributed by atoms with Crippen molar-refractivity contribution in [3.8, 4) is 0 Å². The number of hydrogen-bond donors (Lipinski definition) is 0. The van der Waals surface area contributed by atoms with Gasteiger partial charge >= 0.3 is 6.18 Å². The van der Waals surface area contributed by atoms with Crippen LogP contribution in [0.25, 0.3) is 0 Å². The molecule has 0 aromatic carbocycles. The Morgan fingerprint density at radius 1 is 1.46 bits per heavy atom. The fourth-order valence-corrected chi connectivity index (χ4v) is 0.812. The Morgan fingerprint density at radius 2 is 2.15 bits per heavy atom. The molecule has 0 spiro atoms. The van der Waals surface area contributed by atoms with Gasteiger partial charge in [0.25, 0.3) is 0 Å². The minimum atomic E-state index is -4.45. The van der Waals surface area contributed by atoms with Crippen molar-refractivity contribution in [2.24, 2.45) is 0 Å². The second kappa shape index (κ2) is 3.55. The lowest BCUT2D eigenvalue weighted by atomic mass is 10.1. The van der Waals surface area contributed by atoms with Crippen molar-refractivity contribution in [2.75, 3.05) is 0 Å². The fourth-order valence-electron chi connectivity index (χ4n) is 0.812. The average molecular weight is 189 g/mol. The first kappa shape index (κ1) is 9.70. The molecule has 0 saturated heterocycles. The van der Waals surface area contributed by atoms with Crippen LogP contribution >= 0.6 is 0 Å². The van der Waals surface area contributed by atoms with Gasteiger partial charge in [-0.3, -0.25) is 9.78 Å². The Hall–Kier alpha value is -1.39. The molecule has 0 unspecified atom stereocenters. The molecule has 1 aromatic rings. The van der Waals surface area contributed by atoms with E-state index in [9.17, 15) is 18.0 Å². The Labute approximate surface area is 72.4 Å². The SMILES string of the molecule is O=C(CC(F)(F)F)c1cccnc1. The van der Waals surface area contributed by atoms with Crippen molar-refractivity contribution >= 4 is 5.78 Å². The molecule has 1 rings (SSSR count). The highest BCUT2D eigenvalue weighted by Crippen LogP contribution is 2.21. The molecule has 0 atom stereocenters. The number of hydrogen-bond acceptors (Lipinski definition) is 2. The van der Waals surface area contributed by atoms with Gasteiger partial charge in [0, 0.05) is 18.0 Å². The van der Waals surface area contributed by atoms with Gasteiger partial charge in [-0.25, -0.2) is 0 Å². The minimum absolute atomic E-state index is 0.0141. The second-order valence-electron chi connectivity index (χ2n) is 2.46. The summed E-state index contributed by atoms with van der Waals surface area (Å²) in [6.07, 6.45) is -3.37. The standard InChI is InChI=1S/C8H6F3NO/c9-8(10,11)4-7(13)6-2-1-3-12-5-6/h1-3,5H,4H2. The molecule has 0 bridgehead atoms. The lowest BCUT2D eigenvalue weighted by molar-refractivity contribution is -0.125. The van der Waals surface area contributed by atoms with E-state index in [1.54, 1.807) is 0 Å². The summed E-state index contributed by atoms with van der Waals surface area (Å²) in [5.41, 5.74) is -0.0141. The number of ketones is 1. The maximum atomic E-state index is 11.8. The smallest absolute Gasteiger partial charge is 0.294 e. The molecule has 0 fully saturated rings. The summed E-state index contributed by atoms with van der Waals surface area (Å²) >= 11 is 0. The van der Waals surface area contributed by atoms with E-state index >= 15 is 0 Å². The number of halogens is 3. The van der Waals surface area contributed by atoms with Crippen molar-refractivity contribution < 1.29 is 18.0 Å².